The van der Waals surface area contributed by atoms with Crippen molar-refractivity contribution in [3.8, 4) is 0 Å². The SMILES string of the molecule is CC1NCCN(C(=O)CCn2c(=O)n(C)c3ccccc32)C1C. The fourth-order valence-electron chi connectivity index (χ4n) is 3.34. The highest BCUT2D eigenvalue weighted by Gasteiger charge is 2.27. The molecule has 0 saturated carbocycles. The standard InChI is InChI=1S/C17H24N4O2/c1-12-13(2)20(11-9-18-12)16(22)8-10-21-15-7-5-4-6-14(15)19(3)17(21)23/h4-7,12-13,18H,8-11H2,1-3H3. The highest BCUT2D eigenvalue weighted by Crippen LogP contribution is 2.14. The molecule has 2 aromatic rings. The smallest absolute Gasteiger partial charge is 0.328 e. The fraction of sp³-hybridized carbons (Fsp3) is 0.529. The molecule has 2 atom stereocenters. The summed E-state index contributed by atoms with van der Waals surface area (Å²) in [6.07, 6.45) is 0.352. The summed E-state index contributed by atoms with van der Waals surface area (Å²) in [4.78, 5) is 26.9. The lowest BCUT2D eigenvalue weighted by atomic mass is 10.1. The summed E-state index contributed by atoms with van der Waals surface area (Å²) >= 11 is 0. The van der Waals surface area contributed by atoms with Crippen LogP contribution in [0.4, 0.5) is 0 Å². The number of amides is 1. The van der Waals surface area contributed by atoms with E-state index in [0.717, 1.165) is 24.1 Å². The molecule has 1 amide bonds. The van der Waals surface area contributed by atoms with Crippen LogP contribution in [0.25, 0.3) is 11.0 Å². The van der Waals surface area contributed by atoms with Gasteiger partial charge in [-0.25, -0.2) is 4.79 Å². The van der Waals surface area contributed by atoms with Crippen molar-refractivity contribution >= 4 is 16.9 Å². The minimum absolute atomic E-state index is 0.0688. The highest BCUT2D eigenvalue weighted by atomic mass is 16.2. The van der Waals surface area contributed by atoms with Crippen molar-refractivity contribution in [2.45, 2.75) is 38.9 Å². The number of hydrogen-bond acceptors (Lipinski definition) is 3. The van der Waals surface area contributed by atoms with Crippen molar-refractivity contribution in [1.82, 2.24) is 19.4 Å². The van der Waals surface area contributed by atoms with E-state index < -0.39 is 0 Å². The molecule has 124 valence electrons. The molecule has 1 N–H and O–H groups in total. The van der Waals surface area contributed by atoms with Crippen molar-refractivity contribution in [3.05, 3.63) is 34.7 Å². The minimum atomic E-state index is -0.0688. The summed E-state index contributed by atoms with van der Waals surface area (Å²) in [5, 5.41) is 3.37. The Morgan fingerprint density at radius 2 is 1.96 bits per heavy atom. The van der Waals surface area contributed by atoms with Crippen LogP contribution < -0.4 is 11.0 Å². The first-order valence-corrected chi connectivity index (χ1v) is 8.18. The average Bonchev–Trinajstić information content (AvgIpc) is 2.80. The van der Waals surface area contributed by atoms with Gasteiger partial charge in [0.05, 0.1) is 11.0 Å². The Kier molecular flexibility index (Phi) is 4.26. The number of nitrogens with zero attached hydrogens (tertiary/aromatic N) is 3. The molecule has 6 nitrogen and oxygen atoms in total. The summed E-state index contributed by atoms with van der Waals surface area (Å²) < 4.78 is 3.33. The zero-order valence-corrected chi connectivity index (χ0v) is 14.0. The molecular weight excluding hydrogens is 292 g/mol. The summed E-state index contributed by atoms with van der Waals surface area (Å²) in [5.41, 5.74) is 1.71. The molecule has 1 aromatic carbocycles. The van der Waals surface area contributed by atoms with E-state index in [1.54, 1.807) is 16.2 Å². The molecule has 6 heteroatoms. The van der Waals surface area contributed by atoms with E-state index in [1.807, 2.05) is 29.2 Å². The van der Waals surface area contributed by atoms with Crippen molar-refractivity contribution in [2.24, 2.45) is 7.05 Å². The molecule has 0 radical (unpaired) electrons. The third-order valence-corrected chi connectivity index (χ3v) is 4.96. The van der Waals surface area contributed by atoms with Gasteiger partial charge in [-0.2, -0.15) is 0 Å². The number of carbonyl (C=O) groups is 1. The van der Waals surface area contributed by atoms with Gasteiger partial charge in [-0.3, -0.25) is 13.9 Å². The van der Waals surface area contributed by atoms with Crippen LogP contribution in [0.2, 0.25) is 0 Å². The van der Waals surface area contributed by atoms with Gasteiger partial charge in [-0.05, 0) is 26.0 Å². The van der Waals surface area contributed by atoms with Gasteiger partial charge in [-0.1, -0.05) is 12.1 Å². The normalized spacial score (nSPS) is 21.8. The van der Waals surface area contributed by atoms with Crippen LogP contribution in [0.15, 0.2) is 29.1 Å². The lowest BCUT2D eigenvalue weighted by molar-refractivity contribution is -0.135. The molecule has 1 aliphatic heterocycles. The molecule has 0 bridgehead atoms. The number of benzene rings is 1. The summed E-state index contributed by atoms with van der Waals surface area (Å²) in [6.45, 7) is 6.14. The van der Waals surface area contributed by atoms with E-state index in [0.29, 0.717) is 19.0 Å². The third kappa shape index (κ3) is 2.79. The zero-order valence-electron chi connectivity index (χ0n) is 14.0. The van der Waals surface area contributed by atoms with Gasteiger partial charge >= 0.3 is 5.69 Å². The van der Waals surface area contributed by atoms with Crippen LogP contribution in [-0.4, -0.2) is 45.1 Å². The van der Waals surface area contributed by atoms with Crippen LogP contribution in [0, 0.1) is 0 Å². The van der Waals surface area contributed by atoms with Gasteiger partial charge in [-0.15, -0.1) is 0 Å². The van der Waals surface area contributed by atoms with E-state index >= 15 is 0 Å². The van der Waals surface area contributed by atoms with Crippen molar-refractivity contribution in [2.75, 3.05) is 13.1 Å². The summed E-state index contributed by atoms with van der Waals surface area (Å²) in [6, 6.07) is 8.17. The Morgan fingerprint density at radius 3 is 2.70 bits per heavy atom. The van der Waals surface area contributed by atoms with E-state index in [9.17, 15) is 9.59 Å². The number of hydrogen-bond donors (Lipinski definition) is 1. The Hall–Kier alpha value is -2.08. The molecule has 23 heavy (non-hydrogen) atoms. The maximum absolute atomic E-state index is 12.6. The van der Waals surface area contributed by atoms with Crippen molar-refractivity contribution < 1.29 is 4.79 Å². The molecule has 1 fully saturated rings. The lowest BCUT2D eigenvalue weighted by Gasteiger charge is -2.38. The van der Waals surface area contributed by atoms with Crippen LogP contribution in [0.5, 0.6) is 0 Å². The first-order valence-electron chi connectivity index (χ1n) is 8.18. The molecule has 2 heterocycles. The fourth-order valence-corrected chi connectivity index (χ4v) is 3.34. The van der Waals surface area contributed by atoms with Gasteiger partial charge in [0.25, 0.3) is 0 Å². The summed E-state index contributed by atoms with van der Waals surface area (Å²) in [5.74, 6) is 0.116. The number of piperazine rings is 1. The number of fused-ring (bicyclic) bond motifs is 1. The van der Waals surface area contributed by atoms with Crippen LogP contribution in [0.3, 0.4) is 0 Å². The number of nitrogens with one attached hydrogen (secondary N) is 1. The largest absolute Gasteiger partial charge is 0.337 e. The number of rotatable bonds is 3. The Bertz CT molecular complexity index is 776. The number of para-hydroxylation sites is 2. The number of imidazole rings is 1. The zero-order chi connectivity index (χ0) is 16.6. The Labute approximate surface area is 135 Å². The van der Waals surface area contributed by atoms with Crippen molar-refractivity contribution in [3.63, 3.8) is 0 Å². The second-order valence-corrected chi connectivity index (χ2v) is 6.30. The van der Waals surface area contributed by atoms with Crippen molar-refractivity contribution in [1.29, 1.82) is 0 Å². The topological polar surface area (TPSA) is 59.3 Å². The number of carbonyl (C=O) groups excluding carboxylic acids is 1. The van der Waals surface area contributed by atoms with E-state index in [2.05, 4.69) is 19.2 Å². The van der Waals surface area contributed by atoms with E-state index in [-0.39, 0.29) is 17.6 Å². The minimum Gasteiger partial charge on any atom is -0.337 e. The second kappa shape index (κ2) is 6.20. The number of aromatic nitrogens is 2. The quantitative estimate of drug-likeness (QED) is 0.917. The highest BCUT2D eigenvalue weighted by molar-refractivity contribution is 5.78. The molecule has 1 aromatic heterocycles. The average molecular weight is 316 g/mol. The second-order valence-electron chi connectivity index (χ2n) is 6.30. The Morgan fingerprint density at radius 1 is 1.26 bits per heavy atom. The van der Waals surface area contributed by atoms with Gasteiger partial charge in [0.15, 0.2) is 0 Å². The molecule has 0 aliphatic carbocycles. The maximum Gasteiger partial charge on any atom is 0.328 e. The first-order chi connectivity index (χ1) is 11.0. The van der Waals surface area contributed by atoms with Gasteiger partial charge < -0.3 is 10.2 Å². The molecule has 1 aliphatic rings. The molecular formula is C17H24N4O2. The Balaban J connectivity index is 1.77. The van der Waals surface area contributed by atoms with Crippen LogP contribution >= 0.6 is 0 Å². The van der Waals surface area contributed by atoms with Gasteiger partial charge in [0, 0.05) is 45.2 Å². The monoisotopic (exact) mass is 316 g/mol. The molecule has 0 spiro atoms. The summed E-state index contributed by atoms with van der Waals surface area (Å²) in [7, 11) is 1.77. The van der Waals surface area contributed by atoms with E-state index in [4.69, 9.17) is 0 Å². The lowest BCUT2D eigenvalue weighted by Crippen LogP contribution is -2.57. The predicted molar refractivity (Wildman–Crippen MR) is 90.4 cm³/mol. The predicted octanol–water partition coefficient (Wildman–Crippen LogP) is 0.939. The maximum atomic E-state index is 12.6. The third-order valence-electron chi connectivity index (χ3n) is 4.96. The molecule has 3 rings (SSSR count). The van der Waals surface area contributed by atoms with Gasteiger partial charge in [0.1, 0.15) is 0 Å². The number of aryl methyl sites for hydroxylation is 2. The molecule has 1 saturated heterocycles. The van der Waals surface area contributed by atoms with Gasteiger partial charge in [0.2, 0.25) is 5.91 Å². The van der Waals surface area contributed by atoms with Crippen LogP contribution in [-0.2, 0) is 18.4 Å². The van der Waals surface area contributed by atoms with E-state index in [1.165, 1.54) is 0 Å². The molecule has 2 unspecified atom stereocenters. The van der Waals surface area contributed by atoms with Crippen LogP contribution in [0.1, 0.15) is 20.3 Å². The first kappa shape index (κ1) is 15.8.